The predicted octanol–water partition coefficient (Wildman–Crippen LogP) is 3.26. The van der Waals surface area contributed by atoms with Gasteiger partial charge in [-0.2, -0.15) is 0 Å². The van der Waals surface area contributed by atoms with Crippen molar-refractivity contribution in [3.63, 3.8) is 0 Å². The van der Waals surface area contributed by atoms with Crippen LogP contribution in [0, 0.1) is 0 Å². The Morgan fingerprint density at radius 3 is 2.44 bits per heavy atom. The van der Waals surface area contributed by atoms with Gasteiger partial charge in [-0.05, 0) is 60.5 Å². The lowest BCUT2D eigenvalue weighted by Gasteiger charge is -2.20. The molecular weight excluding hydrogens is 456 g/mol. The van der Waals surface area contributed by atoms with Crippen LogP contribution < -0.4 is 23.8 Å². The summed E-state index contributed by atoms with van der Waals surface area (Å²) >= 11 is 0. The second-order valence-electron chi connectivity index (χ2n) is 7.60. The van der Waals surface area contributed by atoms with Crippen molar-refractivity contribution < 1.29 is 27.4 Å². The van der Waals surface area contributed by atoms with Crippen LogP contribution in [0.3, 0.4) is 0 Å². The minimum absolute atomic E-state index is 0.0321. The summed E-state index contributed by atoms with van der Waals surface area (Å²) in [5.74, 6) is 1.20. The van der Waals surface area contributed by atoms with Crippen molar-refractivity contribution in [1.82, 2.24) is 5.32 Å². The molecule has 0 saturated carbocycles. The van der Waals surface area contributed by atoms with E-state index < -0.39 is 15.9 Å². The van der Waals surface area contributed by atoms with Gasteiger partial charge in [0.05, 0.1) is 36.9 Å². The van der Waals surface area contributed by atoms with Crippen LogP contribution in [0.25, 0.3) is 0 Å². The summed E-state index contributed by atoms with van der Waals surface area (Å²) in [5, 5.41) is 2.75. The molecule has 1 N–H and O–H groups in total. The lowest BCUT2D eigenvalue weighted by Crippen LogP contribution is -2.30. The first-order chi connectivity index (χ1) is 16.4. The molecule has 0 radical (unpaired) electrons. The van der Waals surface area contributed by atoms with Gasteiger partial charge in [0.2, 0.25) is 0 Å². The molecule has 8 nitrogen and oxygen atoms in total. The van der Waals surface area contributed by atoms with Crippen molar-refractivity contribution in [2.24, 2.45) is 0 Å². The molecule has 0 fully saturated rings. The van der Waals surface area contributed by atoms with Gasteiger partial charge < -0.3 is 19.5 Å². The smallest absolute Gasteiger partial charge is 0.264 e. The van der Waals surface area contributed by atoms with E-state index in [4.69, 9.17) is 14.2 Å². The maximum absolute atomic E-state index is 13.4. The zero-order chi connectivity index (χ0) is 24.1. The molecule has 0 spiro atoms. The number of hydrogen-bond acceptors (Lipinski definition) is 6. The SMILES string of the molecule is COc1ccc(OCCNC(=O)c2cc(S(=O)(=O)N3CCc4ccccc43)ccc2OC)cc1. The van der Waals surface area contributed by atoms with Gasteiger partial charge in [0.1, 0.15) is 23.9 Å². The van der Waals surface area contributed by atoms with E-state index in [2.05, 4.69) is 5.32 Å². The van der Waals surface area contributed by atoms with Crippen LogP contribution in [-0.2, 0) is 16.4 Å². The molecule has 9 heteroatoms. The van der Waals surface area contributed by atoms with Crippen LogP contribution in [0.2, 0.25) is 0 Å². The number of carbonyl (C=O) groups is 1. The molecule has 34 heavy (non-hydrogen) atoms. The van der Waals surface area contributed by atoms with E-state index in [1.807, 2.05) is 18.2 Å². The van der Waals surface area contributed by atoms with Crippen LogP contribution in [0.4, 0.5) is 5.69 Å². The first-order valence-electron chi connectivity index (χ1n) is 10.8. The summed E-state index contributed by atoms with van der Waals surface area (Å²) in [7, 11) is -0.816. The Balaban J connectivity index is 1.46. The summed E-state index contributed by atoms with van der Waals surface area (Å²) in [6.45, 7) is 0.825. The minimum atomic E-state index is -3.84. The van der Waals surface area contributed by atoms with Crippen LogP contribution in [0.5, 0.6) is 17.2 Å². The normalized spacial score (nSPS) is 12.7. The van der Waals surface area contributed by atoms with Gasteiger partial charge in [-0.3, -0.25) is 9.10 Å². The quantitative estimate of drug-likeness (QED) is 0.471. The van der Waals surface area contributed by atoms with Crippen molar-refractivity contribution in [2.75, 3.05) is 38.2 Å². The highest BCUT2D eigenvalue weighted by molar-refractivity contribution is 7.92. The van der Waals surface area contributed by atoms with Gasteiger partial charge in [-0.25, -0.2) is 8.42 Å². The molecule has 3 aromatic rings. The number of amides is 1. The number of benzene rings is 3. The van der Waals surface area contributed by atoms with E-state index in [-0.39, 0.29) is 29.4 Å². The average molecular weight is 483 g/mol. The van der Waals surface area contributed by atoms with Crippen molar-refractivity contribution in [3.8, 4) is 17.2 Å². The van der Waals surface area contributed by atoms with E-state index in [9.17, 15) is 13.2 Å². The molecule has 1 amide bonds. The zero-order valence-corrected chi connectivity index (χ0v) is 19.8. The molecule has 178 valence electrons. The molecule has 0 bridgehead atoms. The molecule has 0 atom stereocenters. The molecule has 4 rings (SSSR count). The van der Waals surface area contributed by atoms with Gasteiger partial charge in [0.15, 0.2) is 0 Å². The average Bonchev–Trinajstić information content (AvgIpc) is 3.31. The number of carbonyl (C=O) groups excluding carboxylic acids is 1. The van der Waals surface area contributed by atoms with Crippen molar-refractivity contribution in [2.45, 2.75) is 11.3 Å². The van der Waals surface area contributed by atoms with Crippen LogP contribution in [-0.4, -0.2) is 48.2 Å². The van der Waals surface area contributed by atoms with Crippen LogP contribution in [0.15, 0.2) is 71.6 Å². The second kappa shape index (κ2) is 10.0. The molecule has 0 unspecified atom stereocenters. The number of nitrogens with one attached hydrogen (secondary N) is 1. The number of hydrogen-bond donors (Lipinski definition) is 1. The summed E-state index contributed by atoms with van der Waals surface area (Å²) in [6, 6.07) is 18.8. The molecular formula is C25H26N2O6S. The fraction of sp³-hybridized carbons (Fsp3) is 0.240. The monoisotopic (exact) mass is 482 g/mol. The summed E-state index contributed by atoms with van der Waals surface area (Å²) < 4.78 is 44.1. The van der Waals surface area contributed by atoms with Gasteiger partial charge in [0.25, 0.3) is 15.9 Å². The fourth-order valence-corrected chi connectivity index (χ4v) is 5.34. The van der Waals surface area contributed by atoms with E-state index in [1.165, 1.54) is 29.6 Å². The zero-order valence-electron chi connectivity index (χ0n) is 19.0. The maximum Gasteiger partial charge on any atom is 0.264 e. The lowest BCUT2D eigenvalue weighted by molar-refractivity contribution is 0.0943. The topological polar surface area (TPSA) is 94.2 Å². The number of methoxy groups -OCH3 is 2. The Bertz CT molecular complexity index is 1270. The molecule has 0 saturated heterocycles. The first-order valence-corrected chi connectivity index (χ1v) is 12.2. The number of anilines is 1. The third kappa shape index (κ3) is 4.79. The number of para-hydroxylation sites is 1. The predicted molar refractivity (Wildman–Crippen MR) is 128 cm³/mol. The summed E-state index contributed by atoms with van der Waals surface area (Å²) in [4.78, 5) is 12.9. The molecule has 0 aliphatic carbocycles. The lowest BCUT2D eigenvalue weighted by atomic mass is 10.2. The highest BCUT2D eigenvalue weighted by atomic mass is 32.2. The van der Waals surface area contributed by atoms with E-state index >= 15 is 0 Å². The fourth-order valence-electron chi connectivity index (χ4n) is 3.81. The Hall–Kier alpha value is -3.72. The third-order valence-electron chi connectivity index (χ3n) is 5.56. The van der Waals surface area contributed by atoms with Crippen molar-refractivity contribution >= 4 is 21.6 Å². The highest BCUT2D eigenvalue weighted by Gasteiger charge is 2.31. The summed E-state index contributed by atoms with van der Waals surface area (Å²) in [6.07, 6.45) is 0.646. The van der Waals surface area contributed by atoms with Crippen LogP contribution >= 0.6 is 0 Å². The Morgan fingerprint density at radius 2 is 1.71 bits per heavy atom. The molecule has 0 aromatic heterocycles. The van der Waals surface area contributed by atoms with Gasteiger partial charge in [-0.1, -0.05) is 18.2 Å². The number of ether oxygens (including phenoxy) is 3. The van der Waals surface area contributed by atoms with E-state index in [0.717, 1.165) is 11.3 Å². The number of nitrogens with zero attached hydrogens (tertiary/aromatic N) is 1. The second-order valence-corrected chi connectivity index (χ2v) is 9.46. The number of rotatable bonds is 9. The van der Waals surface area contributed by atoms with Crippen molar-refractivity contribution in [1.29, 1.82) is 0 Å². The molecule has 1 heterocycles. The third-order valence-corrected chi connectivity index (χ3v) is 7.37. The Kier molecular flexibility index (Phi) is 6.93. The van der Waals surface area contributed by atoms with Gasteiger partial charge in [0, 0.05) is 6.54 Å². The van der Waals surface area contributed by atoms with Crippen LogP contribution in [0.1, 0.15) is 15.9 Å². The highest BCUT2D eigenvalue weighted by Crippen LogP contribution is 2.34. The van der Waals surface area contributed by atoms with Gasteiger partial charge in [-0.15, -0.1) is 0 Å². The Morgan fingerprint density at radius 1 is 0.971 bits per heavy atom. The summed E-state index contributed by atoms with van der Waals surface area (Å²) in [5.41, 5.74) is 1.79. The number of sulfonamides is 1. The van der Waals surface area contributed by atoms with E-state index in [0.29, 0.717) is 24.4 Å². The largest absolute Gasteiger partial charge is 0.497 e. The standard InChI is InChI=1S/C25H26N2O6S/c1-31-19-7-9-20(10-8-19)33-16-14-26-25(28)22-17-21(11-12-24(22)32-2)34(29,30)27-15-13-18-5-3-4-6-23(18)27/h3-12,17H,13-16H2,1-2H3,(H,26,28). The number of fused-ring (bicyclic) bond motifs is 1. The molecule has 3 aromatic carbocycles. The maximum atomic E-state index is 13.4. The first kappa shape index (κ1) is 23.4. The molecule has 1 aliphatic rings. The van der Waals surface area contributed by atoms with E-state index in [1.54, 1.807) is 37.4 Å². The Labute approximate surface area is 199 Å². The molecule has 1 aliphatic heterocycles. The van der Waals surface area contributed by atoms with Gasteiger partial charge >= 0.3 is 0 Å². The van der Waals surface area contributed by atoms with Crippen molar-refractivity contribution in [3.05, 3.63) is 77.9 Å². The minimum Gasteiger partial charge on any atom is -0.497 e.